The Bertz CT molecular complexity index is 274. The average molecular weight is 178 g/mol. The number of esters is 1. The third-order valence-electron chi connectivity index (χ3n) is 2.10. The summed E-state index contributed by atoms with van der Waals surface area (Å²) in [7, 11) is 0. The van der Waals surface area contributed by atoms with Gasteiger partial charge in [0, 0.05) is 12.8 Å². The van der Waals surface area contributed by atoms with E-state index >= 15 is 0 Å². The van der Waals surface area contributed by atoms with Crippen LogP contribution >= 0.6 is 0 Å². The number of hydrogen-bond donors (Lipinski definition) is 0. The van der Waals surface area contributed by atoms with Gasteiger partial charge in [0.2, 0.25) is 0 Å². The van der Waals surface area contributed by atoms with E-state index in [1.54, 1.807) is 0 Å². The third kappa shape index (κ3) is 2.45. The van der Waals surface area contributed by atoms with E-state index in [0.29, 0.717) is 25.7 Å². The number of ether oxygens (including phenoxy) is 1. The van der Waals surface area contributed by atoms with Gasteiger partial charge in [-0.1, -0.05) is 0 Å². The highest BCUT2D eigenvalue weighted by atomic mass is 16.5. The SMILES string of the molecule is N#CCCC(C#N)C1CCC(=O)O1. The Morgan fingerprint density at radius 2 is 2.38 bits per heavy atom. The molecule has 0 aromatic rings. The van der Waals surface area contributed by atoms with Crippen LogP contribution in [-0.2, 0) is 9.53 Å². The zero-order valence-corrected chi connectivity index (χ0v) is 7.19. The first kappa shape index (κ1) is 9.54. The van der Waals surface area contributed by atoms with Gasteiger partial charge in [-0.2, -0.15) is 10.5 Å². The minimum absolute atomic E-state index is 0.234. The van der Waals surface area contributed by atoms with Crippen molar-refractivity contribution < 1.29 is 9.53 Å². The van der Waals surface area contributed by atoms with Crippen molar-refractivity contribution >= 4 is 5.97 Å². The molecule has 1 aliphatic heterocycles. The summed E-state index contributed by atoms with van der Waals surface area (Å²) in [6.45, 7) is 0. The van der Waals surface area contributed by atoms with Crippen LogP contribution in [0.4, 0.5) is 0 Å². The largest absolute Gasteiger partial charge is 0.461 e. The van der Waals surface area contributed by atoms with Crippen LogP contribution in [0, 0.1) is 28.6 Å². The van der Waals surface area contributed by atoms with Crippen LogP contribution in [0.2, 0.25) is 0 Å². The van der Waals surface area contributed by atoms with Crippen molar-refractivity contribution in [3.05, 3.63) is 0 Å². The van der Waals surface area contributed by atoms with E-state index in [4.69, 9.17) is 15.3 Å². The molecule has 2 atom stereocenters. The first-order valence-electron chi connectivity index (χ1n) is 4.24. The Balaban J connectivity index is 2.44. The maximum Gasteiger partial charge on any atom is 0.306 e. The van der Waals surface area contributed by atoms with Crippen LogP contribution in [0.5, 0.6) is 0 Å². The average Bonchev–Trinajstić information content (AvgIpc) is 2.54. The lowest BCUT2D eigenvalue weighted by atomic mass is 9.97. The summed E-state index contributed by atoms with van der Waals surface area (Å²) in [5, 5.41) is 17.1. The zero-order valence-electron chi connectivity index (χ0n) is 7.19. The molecular formula is C9H10N2O2. The Labute approximate surface area is 76.7 Å². The molecule has 0 saturated carbocycles. The number of rotatable bonds is 3. The maximum absolute atomic E-state index is 10.8. The number of cyclic esters (lactones) is 1. The Kier molecular flexibility index (Phi) is 3.28. The molecule has 1 saturated heterocycles. The lowest BCUT2D eigenvalue weighted by Crippen LogP contribution is -2.18. The summed E-state index contributed by atoms with van der Waals surface area (Å²) in [4.78, 5) is 10.8. The highest BCUT2D eigenvalue weighted by Gasteiger charge is 2.30. The fourth-order valence-corrected chi connectivity index (χ4v) is 1.38. The van der Waals surface area contributed by atoms with Gasteiger partial charge < -0.3 is 4.74 Å². The number of nitriles is 2. The molecule has 0 bridgehead atoms. The molecule has 0 aromatic heterocycles. The van der Waals surface area contributed by atoms with E-state index in [1.807, 2.05) is 6.07 Å². The predicted molar refractivity (Wildman–Crippen MR) is 43.1 cm³/mol. The lowest BCUT2D eigenvalue weighted by molar-refractivity contribution is -0.142. The van der Waals surface area contributed by atoms with Crippen LogP contribution < -0.4 is 0 Å². The van der Waals surface area contributed by atoms with Crippen LogP contribution in [0.25, 0.3) is 0 Å². The number of carbonyl (C=O) groups excluding carboxylic acids is 1. The fourth-order valence-electron chi connectivity index (χ4n) is 1.38. The summed E-state index contributed by atoms with van der Waals surface area (Å²) in [6, 6.07) is 4.05. The molecule has 2 unspecified atom stereocenters. The summed E-state index contributed by atoms with van der Waals surface area (Å²) in [6.07, 6.45) is 1.56. The molecule has 4 nitrogen and oxygen atoms in total. The fraction of sp³-hybridized carbons (Fsp3) is 0.667. The normalized spacial score (nSPS) is 22.9. The van der Waals surface area contributed by atoms with Gasteiger partial charge in [0.15, 0.2) is 0 Å². The van der Waals surface area contributed by atoms with E-state index < -0.39 is 0 Å². The first-order chi connectivity index (χ1) is 6.27. The van der Waals surface area contributed by atoms with Crippen LogP contribution in [0.15, 0.2) is 0 Å². The Morgan fingerprint density at radius 1 is 1.62 bits per heavy atom. The molecular weight excluding hydrogens is 168 g/mol. The third-order valence-corrected chi connectivity index (χ3v) is 2.10. The molecule has 1 fully saturated rings. The molecule has 13 heavy (non-hydrogen) atoms. The molecule has 1 heterocycles. The number of carbonyl (C=O) groups is 1. The van der Waals surface area contributed by atoms with E-state index in [9.17, 15) is 4.79 Å². The minimum Gasteiger partial charge on any atom is -0.461 e. The van der Waals surface area contributed by atoms with Crippen molar-refractivity contribution in [2.24, 2.45) is 5.92 Å². The van der Waals surface area contributed by atoms with E-state index in [-0.39, 0.29) is 18.0 Å². The van der Waals surface area contributed by atoms with Crippen LogP contribution in [-0.4, -0.2) is 12.1 Å². The van der Waals surface area contributed by atoms with Crippen LogP contribution in [0.3, 0.4) is 0 Å². The van der Waals surface area contributed by atoms with Crippen molar-refractivity contribution in [2.45, 2.75) is 31.8 Å². The second kappa shape index (κ2) is 4.47. The topological polar surface area (TPSA) is 73.9 Å². The second-order valence-corrected chi connectivity index (χ2v) is 3.00. The standard InChI is InChI=1S/C9H10N2O2/c10-5-1-2-7(6-11)8-3-4-9(12)13-8/h7-8H,1-4H2. The monoisotopic (exact) mass is 178 g/mol. The van der Waals surface area contributed by atoms with E-state index in [2.05, 4.69) is 6.07 Å². The minimum atomic E-state index is -0.314. The molecule has 0 amide bonds. The second-order valence-electron chi connectivity index (χ2n) is 3.00. The van der Waals surface area contributed by atoms with Gasteiger partial charge >= 0.3 is 5.97 Å². The van der Waals surface area contributed by atoms with Crippen molar-refractivity contribution in [1.29, 1.82) is 10.5 Å². The van der Waals surface area contributed by atoms with Gasteiger partial charge in [0.25, 0.3) is 0 Å². The van der Waals surface area contributed by atoms with Gasteiger partial charge in [-0.3, -0.25) is 4.79 Å². The predicted octanol–water partition coefficient (Wildman–Crippen LogP) is 1.14. The molecule has 0 aromatic carbocycles. The molecule has 1 aliphatic rings. The van der Waals surface area contributed by atoms with Gasteiger partial charge in [-0.15, -0.1) is 0 Å². The van der Waals surface area contributed by atoms with E-state index in [0.717, 1.165) is 0 Å². The van der Waals surface area contributed by atoms with Gasteiger partial charge in [-0.25, -0.2) is 0 Å². The van der Waals surface area contributed by atoms with Crippen molar-refractivity contribution in [3.8, 4) is 12.1 Å². The molecule has 0 aliphatic carbocycles. The van der Waals surface area contributed by atoms with Gasteiger partial charge in [-0.05, 0) is 12.8 Å². The van der Waals surface area contributed by atoms with E-state index in [1.165, 1.54) is 0 Å². The highest BCUT2D eigenvalue weighted by Crippen LogP contribution is 2.24. The summed E-state index contributed by atoms with van der Waals surface area (Å²) in [5.74, 6) is -0.548. The Morgan fingerprint density at radius 3 is 2.85 bits per heavy atom. The lowest BCUT2D eigenvalue weighted by Gasteiger charge is -2.13. The zero-order chi connectivity index (χ0) is 9.68. The Hall–Kier alpha value is -1.55. The van der Waals surface area contributed by atoms with Crippen molar-refractivity contribution in [3.63, 3.8) is 0 Å². The van der Waals surface area contributed by atoms with Crippen molar-refractivity contribution in [1.82, 2.24) is 0 Å². The summed E-state index contributed by atoms with van der Waals surface area (Å²) >= 11 is 0. The summed E-state index contributed by atoms with van der Waals surface area (Å²) < 4.78 is 4.94. The molecule has 1 rings (SSSR count). The van der Waals surface area contributed by atoms with Gasteiger partial charge in [0.1, 0.15) is 6.10 Å². The molecule has 0 spiro atoms. The smallest absolute Gasteiger partial charge is 0.306 e. The van der Waals surface area contributed by atoms with Crippen LogP contribution in [0.1, 0.15) is 25.7 Å². The highest BCUT2D eigenvalue weighted by molar-refractivity contribution is 5.71. The summed E-state index contributed by atoms with van der Waals surface area (Å²) in [5.41, 5.74) is 0. The number of hydrogen-bond acceptors (Lipinski definition) is 4. The number of nitrogens with zero attached hydrogens (tertiary/aromatic N) is 2. The molecule has 4 heteroatoms. The molecule has 0 N–H and O–H groups in total. The first-order valence-corrected chi connectivity index (χ1v) is 4.24. The maximum atomic E-state index is 10.8. The molecule has 68 valence electrons. The quantitative estimate of drug-likeness (QED) is 0.607. The van der Waals surface area contributed by atoms with Crippen molar-refractivity contribution in [2.75, 3.05) is 0 Å². The van der Waals surface area contributed by atoms with Gasteiger partial charge in [0.05, 0.1) is 18.1 Å². The molecule has 0 radical (unpaired) electrons.